The third-order valence-corrected chi connectivity index (χ3v) is 2.95. The Labute approximate surface area is 96.6 Å². The second-order valence-electron chi connectivity index (χ2n) is 4.03. The molecule has 0 bridgehead atoms. The van der Waals surface area contributed by atoms with Gasteiger partial charge in [0.15, 0.2) is 0 Å². The molecule has 2 N–H and O–H groups in total. The van der Waals surface area contributed by atoms with Gasteiger partial charge in [0.25, 0.3) is 0 Å². The summed E-state index contributed by atoms with van der Waals surface area (Å²) < 4.78 is 4.68. The van der Waals surface area contributed by atoms with Crippen molar-refractivity contribution in [2.45, 2.75) is 26.3 Å². The maximum Gasteiger partial charge on any atom is 0.337 e. The lowest BCUT2D eigenvalue weighted by molar-refractivity contribution is 0.0600. The molecule has 0 aromatic heterocycles. The van der Waals surface area contributed by atoms with Crippen LogP contribution in [0.25, 0.3) is 0 Å². The van der Waals surface area contributed by atoms with Crippen LogP contribution in [-0.2, 0) is 4.74 Å². The fourth-order valence-electron chi connectivity index (χ4n) is 1.57. The summed E-state index contributed by atoms with van der Waals surface area (Å²) in [6.45, 7) is 4.21. The van der Waals surface area contributed by atoms with E-state index < -0.39 is 0 Å². The monoisotopic (exact) mass is 221 g/mol. The van der Waals surface area contributed by atoms with Crippen LogP contribution in [0.1, 0.15) is 42.2 Å². The quantitative estimate of drug-likeness (QED) is 0.795. The van der Waals surface area contributed by atoms with E-state index in [0.717, 1.165) is 12.0 Å². The van der Waals surface area contributed by atoms with Crippen LogP contribution >= 0.6 is 0 Å². The number of ether oxygens (including phenoxy) is 1. The van der Waals surface area contributed by atoms with E-state index in [-0.39, 0.29) is 12.0 Å². The van der Waals surface area contributed by atoms with Crippen molar-refractivity contribution >= 4 is 5.97 Å². The molecule has 1 aromatic rings. The Morgan fingerprint density at radius 2 is 2.19 bits per heavy atom. The molecule has 0 aliphatic carbocycles. The van der Waals surface area contributed by atoms with Gasteiger partial charge in [0, 0.05) is 6.04 Å². The molecule has 0 spiro atoms. The zero-order valence-corrected chi connectivity index (χ0v) is 10.1. The second kappa shape index (κ2) is 5.66. The van der Waals surface area contributed by atoms with E-state index in [2.05, 4.69) is 18.6 Å². The van der Waals surface area contributed by atoms with Crippen molar-refractivity contribution in [3.63, 3.8) is 0 Å². The predicted octanol–water partition coefficient (Wildman–Crippen LogP) is 2.52. The van der Waals surface area contributed by atoms with Gasteiger partial charge in [-0.3, -0.25) is 0 Å². The van der Waals surface area contributed by atoms with Gasteiger partial charge in [-0.2, -0.15) is 0 Å². The summed E-state index contributed by atoms with van der Waals surface area (Å²) in [6, 6.07) is 7.30. The minimum absolute atomic E-state index is 0.0328. The van der Waals surface area contributed by atoms with Crippen molar-refractivity contribution in [2.75, 3.05) is 7.11 Å². The van der Waals surface area contributed by atoms with Gasteiger partial charge in [0.1, 0.15) is 0 Å². The largest absolute Gasteiger partial charge is 0.465 e. The predicted molar refractivity (Wildman–Crippen MR) is 64.2 cm³/mol. The lowest BCUT2D eigenvalue weighted by Crippen LogP contribution is -2.19. The van der Waals surface area contributed by atoms with Gasteiger partial charge in [-0.05, 0) is 23.6 Å². The van der Waals surface area contributed by atoms with Gasteiger partial charge in [-0.15, -0.1) is 0 Å². The summed E-state index contributed by atoms with van der Waals surface area (Å²) in [5.74, 6) is 0.0751. The zero-order valence-electron chi connectivity index (χ0n) is 10.1. The van der Waals surface area contributed by atoms with Crippen molar-refractivity contribution in [1.29, 1.82) is 0 Å². The van der Waals surface area contributed by atoms with Gasteiger partial charge < -0.3 is 10.5 Å². The molecule has 1 aromatic carbocycles. The number of rotatable bonds is 4. The third-order valence-electron chi connectivity index (χ3n) is 2.95. The molecular weight excluding hydrogens is 202 g/mol. The third kappa shape index (κ3) is 2.83. The molecule has 0 fully saturated rings. The molecule has 2 atom stereocenters. The fourth-order valence-corrected chi connectivity index (χ4v) is 1.57. The summed E-state index contributed by atoms with van der Waals surface area (Å²) in [4.78, 5) is 11.4. The lowest BCUT2D eigenvalue weighted by atomic mass is 9.92. The zero-order chi connectivity index (χ0) is 12.1. The summed E-state index contributed by atoms with van der Waals surface area (Å²) in [5.41, 5.74) is 7.65. The first kappa shape index (κ1) is 12.7. The lowest BCUT2D eigenvalue weighted by Gasteiger charge is -2.19. The Morgan fingerprint density at radius 3 is 2.75 bits per heavy atom. The minimum Gasteiger partial charge on any atom is -0.465 e. The highest BCUT2D eigenvalue weighted by Crippen LogP contribution is 2.22. The number of benzene rings is 1. The van der Waals surface area contributed by atoms with E-state index in [0.29, 0.717) is 11.5 Å². The molecule has 88 valence electrons. The van der Waals surface area contributed by atoms with Crippen molar-refractivity contribution in [2.24, 2.45) is 11.7 Å². The van der Waals surface area contributed by atoms with E-state index in [9.17, 15) is 4.79 Å². The van der Waals surface area contributed by atoms with E-state index in [1.807, 2.05) is 18.2 Å². The Morgan fingerprint density at radius 1 is 1.50 bits per heavy atom. The first-order valence-corrected chi connectivity index (χ1v) is 5.54. The van der Waals surface area contributed by atoms with Crippen molar-refractivity contribution in [3.8, 4) is 0 Å². The molecule has 0 aliphatic heterocycles. The Bertz CT molecular complexity index is 363. The second-order valence-corrected chi connectivity index (χ2v) is 4.03. The first-order chi connectivity index (χ1) is 7.60. The average molecular weight is 221 g/mol. The number of hydrogen-bond donors (Lipinski definition) is 1. The SMILES string of the molecule is CCC(C)C(N)c1cccc(C(=O)OC)c1. The molecule has 16 heavy (non-hydrogen) atoms. The number of carbonyl (C=O) groups excluding carboxylic acids is 1. The highest BCUT2D eigenvalue weighted by atomic mass is 16.5. The maximum absolute atomic E-state index is 11.4. The van der Waals surface area contributed by atoms with E-state index in [1.165, 1.54) is 7.11 Å². The van der Waals surface area contributed by atoms with Crippen LogP contribution in [0.5, 0.6) is 0 Å². The Balaban J connectivity index is 2.94. The van der Waals surface area contributed by atoms with Crippen LogP contribution in [0.15, 0.2) is 24.3 Å². The molecule has 0 saturated heterocycles. The smallest absolute Gasteiger partial charge is 0.337 e. The van der Waals surface area contributed by atoms with Crippen LogP contribution in [0.3, 0.4) is 0 Å². The van der Waals surface area contributed by atoms with Gasteiger partial charge >= 0.3 is 5.97 Å². The van der Waals surface area contributed by atoms with Crippen molar-refractivity contribution in [3.05, 3.63) is 35.4 Å². The normalized spacial score (nSPS) is 14.2. The Hall–Kier alpha value is -1.35. The van der Waals surface area contributed by atoms with Gasteiger partial charge in [0.2, 0.25) is 0 Å². The van der Waals surface area contributed by atoms with Gasteiger partial charge in [-0.1, -0.05) is 32.4 Å². The molecule has 3 heteroatoms. The van der Waals surface area contributed by atoms with Crippen LogP contribution in [0, 0.1) is 5.92 Å². The summed E-state index contributed by atoms with van der Waals surface area (Å²) in [6.07, 6.45) is 1.02. The standard InChI is InChI=1S/C13H19NO2/c1-4-9(2)12(14)10-6-5-7-11(8-10)13(15)16-3/h5-9,12H,4,14H2,1-3H3. The van der Waals surface area contributed by atoms with Crippen LogP contribution in [0.2, 0.25) is 0 Å². The van der Waals surface area contributed by atoms with Gasteiger partial charge in [0.05, 0.1) is 12.7 Å². The highest BCUT2D eigenvalue weighted by molar-refractivity contribution is 5.89. The van der Waals surface area contributed by atoms with Crippen LogP contribution in [0.4, 0.5) is 0 Å². The highest BCUT2D eigenvalue weighted by Gasteiger charge is 2.14. The fraction of sp³-hybridized carbons (Fsp3) is 0.462. The molecule has 1 rings (SSSR count). The molecule has 3 nitrogen and oxygen atoms in total. The summed E-state index contributed by atoms with van der Waals surface area (Å²) in [5, 5.41) is 0. The van der Waals surface area contributed by atoms with Crippen LogP contribution < -0.4 is 5.73 Å². The number of carbonyl (C=O) groups is 1. The van der Waals surface area contributed by atoms with Crippen molar-refractivity contribution in [1.82, 2.24) is 0 Å². The summed E-state index contributed by atoms with van der Waals surface area (Å²) >= 11 is 0. The molecule has 0 amide bonds. The van der Waals surface area contributed by atoms with Crippen LogP contribution in [-0.4, -0.2) is 13.1 Å². The first-order valence-electron chi connectivity index (χ1n) is 5.54. The maximum atomic E-state index is 11.4. The molecule has 0 aliphatic rings. The van der Waals surface area contributed by atoms with Crippen molar-refractivity contribution < 1.29 is 9.53 Å². The van der Waals surface area contributed by atoms with E-state index in [4.69, 9.17) is 5.73 Å². The number of nitrogens with two attached hydrogens (primary N) is 1. The molecule has 2 unspecified atom stereocenters. The number of methoxy groups -OCH3 is 1. The topological polar surface area (TPSA) is 52.3 Å². The molecule has 0 radical (unpaired) electrons. The van der Waals surface area contributed by atoms with E-state index >= 15 is 0 Å². The average Bonchev–Trinajstić information content (AvgIpc) is 2.36. The minimum atomic E-state index is -0.321. The molecular formula is C13H19NO2. The number of hydrogen-bond acceptors (Lipinski definition) is 3. The molecule has 0 heterocycles. The Kier molecular flexibility index (Phi) is 4.50. The van der Waals surface area contributed by atoms with Gasteiger partial charge in [-0.25, -0.2) is 4.79 Å². The molecule has 0 saturated carbocycles. The number of esters is 1. The van der Waals surface area contributed by atoms with E-state index in [1.54, 1.807) is 6.07 Å². The summed E-state index contributed by atoms with van der Waals surface area (Å²) in [7, 11) is 1.38.